The zero-order valence-electron chi connectivity index (χ0n) is 14.1. The average molecular weight is 340 g/mol. The first-order valence-corrected chi connectivity index (χ1v) is 7.81. The molecule has 0 radical (unpaired) electrons. The molecule has 5 nitrogen and oxygen atoms in total. The van der Waals surface area contributed by atoms with Gasteiger partial charge in [0.15, 0.2) is 11.6 Å². The molecule has 2 rings (SSSR count). The smallest absolute Gasteiger partial charge is 0.174 e. The number of hydrogen-bond donors (Lipinski definition) is 3. The van der Waals surface area contributed by atoms with Gasteiger partial charge in [-0.1, -0.05) is 11.6 Å². The summed E-state index contributed by atoms with van der Waals surface area (Å²) in [7, 11) is 0. The standard InChI is InChI=1S/C20H20O5/c1-12(2)3-4-14-9-16(20(25)11-18(14)23)19(24)10-17(22)13-5-7-15(21)8-6-13/h3,5-9,11,21,23,25H,4,10H2,1-2H3. The van der Waals surface area contributed by atoms with E-state index in [1.54, 1.807) is 0 Å². The summed E-state index contributed by atoms with van der Waals surface area (Å²) in [5.74, 6) is -1.38. The number of aromatic hydroxyl groups is 3. The van der Waals surface area contributed by atoms with Gasteiger partial charge in [0.1, 0.15) is 17.2 Å². The molecule has 0 amide bonds. The molecular weight excluding hydrogens is 320 g/mol. The lowest BCUT2D eigenvalue weighted by Gasteiger charge is -2.09. The lowest BCUT2D eigenvalue weighted by molar-refractivity contribution is 0.0893. The Balaban J connectivity index is 2.23. The number of phenols is 3. The first kappa shape index (κ1) is 18.3. The van der Waals surface area contributed by atoms with Crippen LogP contribution < -0.4 is 0 Å². The van der Waals surface area contributed by atoms with Crippen molar-refractivity contribution in [2.24, 2.45) is 0 Å². The van der Waals surface area contributed by atoms with Crippen molar-refractivity contribution in [2.45, 2.75) is 26.7 Å². The van der Waals surface area contributed by atoms with E-state index in [9.17, 15) is 24.9 Å². The molecule has 2 aromatic carbocycles. The van der Waals surface area contributed by atoms with Crippen molar-refractivity contribution in [1.82, 2.24) is 0 Å². The largest absolute Gasteiger partial charge is 0.508 e. The van der Waals surface area contributed by atoms with Crippen LogP contribution in [0, 0.1) is 0 Å². The zero-order chi connectivity index (χ0) is 18.6. The highest BCUT2D eigenvalue weighted by Crippen LogP contribution is 2.29. The van der Waals surface area contributed by atoms with Gasteiger partial charge in [-0.2, -0.15) is 0 Å². The molecule has 25 heavy (non-hydrogen) atoms. The Morgan fingerprint density at radius 3 is 2.16 bits per heavy atom. The number of phenolic OH excluding ortho intramolecular Hbond substituents is 3. The van der Waals surface area contributed by atoms with E-state index in [4.69, 9.17) is 0 Å². The lowest BCUT2D eigenvalue weighted by atomic mass is 9.97. The Morgan fingerprint density at radius 2 is 1.56 bits per heavy atom. The second-order valence-corrected chi connectivity index (χ2v) is 6.05. The first-order chi connectivity index (χ1) is 11.8. The third-order valence-corrected chi connectivity index (χ3v) is 3.74. The van der Waals surface area contributed by atoms with Gasteiger partial charge in [0.2, 0.25) is 0 Å². The van der Waals surface area contributed by atoms with Crippen molar-refractivity contribution >= 4 is 11.6 Å². The van der Waals surface area contributed by atoms with Gasteiger partial charge < -0.3 is 15.3 Å². The molecular formula is C20H20O5. The molecule has 0 spiro atoms. The summed E-state index contributed by atoms with van der Waals surface area (Å²) < 4.78 is 0. The van der Waals surface area contributed by atoms with E-state index in [0.717, 1.165) is 11.6 Å². The molecule has 3 N–H and O–H groups in total. The molecule has 2 aromatic rings. The monoisotopic (exact) mass is 340 g/mol. The molecule has 0 atom stereocenters. The fourth-order valence-corrected chi connectivity index (χ4v) is 2.31. The predicted molar refractivity (Wildman–Crippen MR) is 94.3 cm³/mol. The molecule has 0 heterocycles. The molecule has 0 aromatic heterocycles. The maximum absolute atomic E-state index is 12.4. The van der Waals surface area contributed by atoms with E-state index in [1.807, 2.05) is 19.9 Å². The number of hydrogen-bond acceptors (Lipinski definition) is 5. The van der Waals surface area contributed by atoms with Crippen molar-refractivity contribution in [2.75, 3.05) is 0 Å². The number of Topliss-reactive ketones (excluding diaryl/α,β-unsaturated/α-hetero) is 2. The third-order valence-electron chi connectivity index (χ3n) is 3.74. The van der Waals surface area contributed by atoms with Crippen LogP contribution in [0.25, 0.3) is 0 Å². The van der Waals surface area contributed by atoms with Gasteiger partial charge in [-0.05, 0) is 56.2 Å². The summed E-state index contributed by atoms with van der Waals surface area (Å²) in [4.78, 5) is 24.6. The van der Waals surface area contributed by atoms with Crippen LogP contribution in [0.2, 0.25) is 0 Å². The minimum Gasteiger partial charge on any atom is -0.508 e. The number of benzene rings is 2. The second kappa shape index (κ2) is 7.66. The topological polar surface area (TPSA) is 94.8 Å². The number of rotatable bonds is 6. The van der Waals surface area contributed by atoms with Crippen LogP contribution in [0.5, 0.6) is 17.2 Å². The van der Waals surface area contributed by atoms with E-state index in [0.29, 0.717) is 17.5 Å². The number of ketones is 2. The molecule has 0 unspecified atom stereocenters. The summed E-state index contributed by atoms with van der Waals surface area (Å²) in [5.41, 5.74) is 1.86. The fourth-order valence-electron chi connectivity index (χ4n) is 2.31. The molecule has 0 fully saturated rings. The Labute approximate surface area is 145 Å². The summed E-state index contributed by atoms with van der Waals surface area (Å²) in [5, 5.41) is 29.1. The Hall–Kier alpha value is -3.08. The maximum Gasteiger partial charge on any atom is 0.174 e. The molecule has 0 aliphatic rings. The van der Waals surface area contributed by atoms with Crippen molar-refractivity contribution < 1.29 is 24.9 Å². The lowest BCUT2D eigenvalue weighted by Crippen LogP contribution is -2.09. The molecule has 0 aliphatic heterocycles. The minimum atomic E-state index is -0.533. The second-order valence-electron chi connectivity index (χ2n) is 6.05. The van der Waals surface area contributed by atoms with E-state index in [-0.39, 0.29) is 22.8 Å². The van der Waals surface area contributed by atoms with E-state index < -0.39 is 18.0 Å². The number of carbonyl (C=O) groups is 2. The van der Waals surface area contributed by atoms with E-state index in [2.05, 4.69) is 0 Å². The van der Waals surface area contributed by atoms with Crippen LogP contribution in [-0.4, -0.2) is 26.9 Å². The van der Waals surface area contributed by atoms with Crippen LogP contribution in [0.15, 0.2) is 48.0 Å². The van der Waals surface area contributed by atoms with Crippen molar-refractivity contribution in [1.29, 1.82) is 0 Å². The van der Waals surface area contributed by atoms with Crippen LogP contribution >= 0.6 is 0 Å². The van der Waals surface area contributed by atoms with Gasteiger partial charge in [0.25, 0.3) is 0 Å². The first-order valence-electron chi connectivity index (χ1n) is 7.81. The van der Waals surface area contributed by atoms with Crippen LogP contribution in [0.1, 0.15) is 46.5 Å². The maximum atomic E-state index is 12.4. The molecule has 0 saturated carbocycles. The Morgan fingerprint density at radius 1 is 0.920 bits per heavy atom. The highest BCUT2D eigenvalue weighted by atomic mass is 16.3. The Bertz CT molecular complexity index is 828. The van der Waals surface area contributed by atoms with Gasteiger partial charge >= 0.3 is 0 Å². The van der Waals surface area contributed by atoms with Gasteiger partial charge in [-0.3, -0.25) is 9.59 Å². The van der Waals surface area contributed by atoms with Crippen LogP contribution in [0.3, 0.4) is 0 Å². The summed E-state index contributed by atoms with van der Waals surface area (Å²) in [6.45, 7) is 3.83. The van der Waals surface area contributed by atoms with Crippen LogP contribution in [-0.2, 0) is 6.42 Å². The quantitative estimate of drug-likeness (QED) is 0.423. The van der Waals surface area contributed by atoms with Crippen molar-refractivity contribution in [3.63, 3.8) is 0 Å². The van der Waals surface area contributed by atoms with Gasteiger partial charge in [-0.15, -0.1) is 0 Å². The zero-order valence-corrected chi connectivity index (χ0v) is 14.1. The summed E-state index contributed by atoms with van der Waals surface area (Å²) in [6.07, 6.45) is 1.90. The van der Waals surface area contributed by atoms with Crippen molar-refractivity contribution in [3.05, 3.63) is 64.7 Å². The number of allylic oxidation sites excluding steroid dienone is 2. The minimum absolute atomic E-state index is 0.00193. The summed E-state index contributed by atoms with van der Waals surface area (Å²) in [6, 6.07) is 8.13. The van der Waals surface area contributed by atoms with Gasteiger partial charge in [0.05, 0.1) is 12.0 Å². The molecule has 0 aliphatic carbocycles. The molecule has 0 bridgehead atoms. The third kappa shape index (κ3) is 4.70. The Kier molecular flexibility index (Phi) is 5.60. The average Bonchev–Trinajstić information content (AvgIpc) is 2.54. The van der Waals surface area contributed by atoms with Gasteiger partial charge in [-0.25, -0.2) is 0 Å². The number of carbonyl (C=O) groups excluding carboxylic acids is 2. The summed E-state index contributed by atoms with van der Waals surface area (Å²) >= 11 is 0. The van der Waals surface area contributed by atoms with Crippen molar-refractivity contribution in [3.8, 4) is 17.2 Å². The SMILES string of the molecule is CC(C)=CCc1cc(C(=O)CC(=O)c2ccc(O)cc2)c(O)cc1O. The normalized spacial score (nSPS) is 10.3. The highest BCUT2D eigenvalue weighted by molar-refractivity contribution is 6.14. The fraction of sp³-hybridized carbons (Fsp3) is 0.200. The highest BCUT2D eigenvalue weighted by Gasteiger charge is 2.19. The van der Waals surface area contributed by atoms with E-state index in [1.165, 1.54) is 30.3 Å². The van der Waals surface area contributed by atoms with Crippen LogP contribution in [0.4, 0.5) is 0 Å². The van der Waals surface area contributed by atoms with Gasteiger partial charge in [0, 0.05) is 11.6 Å². The molecule has 0 saturated heterocycles. The van der Waals surface area contributed by atoms with E-state index >= 15 is 0 Å². The molecule has 5 heteroatoms. The molecule has 130 valence electrons. The predicted octanol–water partition coefficient (Wildman–Crippen LogP) is 3.77.